The zero-order chi connectivity index (χ0) is 13.7. The maximum atomic E-state index is 11.2. The van der Waals surface area contributed by atoms with Gasteiger partial charge >= 0.3 is 5.97 Å². The van der Waals surface area contributed by atoms with Crippen molar-refractivity contribution in [3.63, 3.8) is 0 Å². The Morgan fingerprint density at radius 1 is 1.39 bits per heavy atom. The van der Waals surface area contributed by atoms with Gasteiger partial charge in [0.25, 0.3) is 0 Å². The van der Waals surface area contributed by atoms with E-state index in [-0.39, 0.29) is 28.6 Å². The minimum atomic E-state index is -1.38. The number of aliphatic hydroxyl groups is 2. The van der Waals surface area contributed by atoms with E-state index in [9.17, 15) is 15.0 Å². The van der Waals surface area contributed by atoms with E-state index in [4.69, 9.17) is 23.2 Å². The number of ether oxygens (including phenoxy) is 1. The van der Waals surface area contributed by atoms with Crippen molar-refractivity contribution >= 4 is 29.2 Å². The van der Waals surface area contributed by atoms with Gasteiger partial charge < -0.3 is 14.9 Å². The van der Waals surface area contributed by atoms with E-state index in [1.165, 1.54) is 12.4 Å². The van der Waals surface area contributed by atoms with E-state index in [2.05, 4.69) is 9.72 Å². The molecule has 0 aliphatic carbocycles. The van der Waals surface area contributed by atoms with Crippen LogP contribution in [0.25, 0.3) is 0 Å². The SMILES string of the molecule is CCOC(=O)CC(O)C(O)c1c(Cl)cncc1Cl. The molecule has 100 valence electrons. The predicted molar refractivity (Wildman–Crippen MR) is 66.5 cm³/mol. The fourth-order valence-electron chi connectivity index (χ4n) is 1.40. The Hall–Kier alpha value is -0.880. The van der Waals surface area contributed by atoms with Gasteiger partial charge in [-0.05, 0) is 6.92 Å². The molecule has 0 spiro atoms. The number of halogens is 2. The second-order valence-corrected chi connectivity index (χ2v) is 4.35. The molecule has 18 heavy (non-hydrogen) atoms. The fraction of sp³-hybridized carbons (Fsp3) is 0.455. The van der Waals surface area contributed by atoms with Crippen LogP contribution in [-0.2, 0) is 9.53 Å². The summed E-state index contributed by atoms with van der Waals surface area (Å²) in [7, 11) is 0. The van der Waals surface area contributed by atoms with Gasteiger partial charge in [0.15, 0.2) is 0 Å². The van der Waals surface area contributed by atoms with E-state index < -0.39 is 18.2 Å². The first-order valence-electron chi connectivity index (χ1n) is 5.28. The molecule has 1 rings (SSSR count). The van der Waals surface area contributed by atoms with E-state index in [0.29, 0.717) is 0 Å². The van der Waals surface area contributed by atoms with Crippen LogP contribution >= 0.6 is 23.2 Å². The van der Waals surface area contributed by atoms with Crippen molar-refractivity contribution in [3.8, 4) is 0 Å². The average molecular weight is 294 g/mol. The van der Waals surface area contributed by atoms with Crippen molar-refractivity contribution in [3.05, 3.63) is 28.0 Å². The Labute approximate surface area is 114 Å². The van der Waals surface area contributed by atoms with Gasteiger partial charge in [-0.25, -0.2) is 0 Å². The predicted octanol–water partition coefficient (Wildman–Crippen LogP) is 1.74. The lowest BCUT2D eigenvalue weighted by Gasteiger charge is -2.19. The van der Waals surface area contributed by atoms with Crippen LogP contribution in [0, 0.1) is 0 Å². The van der Waals surface area contributed by atoms with Gasteiger partial charge in [-0.1, -0.05) is 23.2 Å². The van der Waals surface area contributed by atoms with Gasteiger partial charge in [-0.2, -0.15) is 0 Å². The number of rotatable bonds is 5. The third-order valence-electron chi connectivity index (χ3n) is 2.23. The third kappa shape index (κ3) is 3.81. The normalized spacial score (nSPS) is 14.1. The van der Waals surface area contributed by atoms with Crippen molar-refractivity contribution in [1.29, 1.82) is 0 Å². The van der Waals surface area contributed by atoms with Crippen LogP contribution in [0.3, 0.4) is 0 Å². The van der Waals surface area contributed by atoms with Gasteiger partial charge in [-0.3, -0.25) is 9.78 Å². The summed E-state index contributed by atoms with van der Waals surface area (Å²) >= 11 is 11.7. The van der Waals surface area contributed by atoms with E-state index in [1.54, 1.807) is 6.92 Å². The monoisotopic (exact) mass is 293 g/mol. The first-order chi connectivity index (χ1) is 8.47. The molecule has 1 aromatic heterocycles. The Kier molecular flexibility index (Phi) is 5.81. The lowest BCUT2D eigenvalue weighted by atomic mass is 10.0. The van der Waals surface area contributed by atoms with E-state index in [0.717, 1.165) is 0 Å². The molecule has 1 heterocycles. The smallest absolute Gasteiger partial charge is 0.308 e. The molecule has 0 aliphatic rings. The quantitative estimate of drug-likeness (QED) is 0.809. The first kappa shape index (κ1) is 15.2. The molecule has 0 radical (unpaired) electrons. The molecule has 0 saturated carbocycles. The van der Waals surface area contributed by atoms with E-state index in [1.807, 2.05) is 0 Å². The van der Waals surface area contributed by atoms with Crippen LogP contribution in [0.5, 0.6) is 0 Å². The molecular weight excluding hydrogens is 281 g/mol. The van der Waals surface area contributed by atoms with Crippen molar-refractivity contribution in [2.45, 2.75) is 25.6 Å². The number of esters is 1. The molecule has 0 aromatic carbocycles. The molecule has 0 saturated heterocycles. The molecule has 5 nitrogen and oxygen atoms in total. The zero-order valence-corrected chi connectivity index (χ0v) is 11.1. The number of nitrogens with zero attached hydrogens (tertiary/aromatic N) is 1. The summed E-state index contributed by atoms with van der Waals surface area (Å²) in [5.74, 6) is -0.606. The summed E-state index contributed by atoms with van der Waals surface area (Å²) in [6.45, 7) is 1.86. The molecule has 0 bridgehead atoms. The topological polar surface area (TPSA) is 79.7 Å². The van der Waals surface area contributed by atoms with Gasteiger partial charge in [0.05, 0.1) is 29.2 Å². The second kappa shape index (κ2) is 6.89. The van der Waals surface area contributed by atoms with Crippen molar-refractivity contribution < 1.29 is 19.7 Å². The molecule has 7 heteroatoms. The van der Waals surface area contributed by atoms with Crippen molar-refractivity contribution in [1.82, 2.24) is 4.98 Å². The Bertz CT molecular complexity index is 407. The van der Waals surface area contributed by atoms with Crippen LogP contribution in [0.1, 0.15) is 25.0 Å². The highest BCUT2D eigenvalue weighted by Gasteiger charge is 2.26. The van der Waals surface area contributed by atoms with Crippen molar-refractivity contribution in [2.75, 3.05) is 6.61 Å². The van der Waals surface area contributed by atoms with Crippen LogP contribution < -0.4 is 0 Å². The van der Waals surface area contributed by atoms with Gasteiger partial charge in [0, 0.05) is 18.0 Å². The molecule has 1 aromatic rings. The van der Waals surface area contributed by atoms with Crippen LogP contribution in [0.4, 0.5) is 0 Å². The standard InChI is InChI=1S/C11H13Cl2NO4/c1-2-18-9(16)3-8(15)11(17)10-6(12)4-14-5-7(10)13/h4-5,8,11,15,17H,2-3H2,1H3. The molecular formula is C11H13Cl2NO4. The number of pyridine rings is 1. The summed E-state index contributed by atoms with van der Waals surface area (Å²) < 4.78 is 4.67. The van der Waals surface area contributed by atoms with Gasteiger partial charge in [0.2, 0.25) is 0 Å². The second-order valence-electron chi connectivity index (χ2n) is 3.54. The summed E-state index contributed by atoms with van der Waals surface area (Å²) in [5.41, 5.74) is 0.144. The Balaban J connectivity index is 2.80. The maximum Gasteiger partial charge on any atom is 0.308 e. The minimum absolute atomic E-state index is 0.123. The molecule has 2 atom stereocenters. The summed E-state index contributed by atoms with van der Waals surface area (Å²) in [6.07, 6.45) is -0.477. The van der Waals surface area contributed by atoms with Crippen LogP contribution in [0.2, 0.25) is 10.0 Å². The lowest BCUT2D eigenvalue weighted by molar-refractivity contribution is -0.147. The molecule has 2 N–H and O–H groups in total. The highest BCUT2D eigenvalue weighted by molar-refractivity contribution is 6.35. The first-order valence-corrected chi connectivity index (χ1v) is 6.03. The van der Waals surface area contributed by atoms with Gasteiger partial charge in [-0.15, -0.1) is 0 Å². The number of carbonyl (C=O) groups excluding carboxylic acids is 1. The lowest BCUT2D eigenvalue weighted by Crippen LogP contribution is -2.23. The number of aliphatic hydroxyl groups excluding tert-OH is 2. The minimum Gasteiger partial charge on any atom is -0.466 e. The molecule has 0 amide bonds. The van der Waals surface area contributed by atoms with Crippen LogP contribution in [-0.4, -0.2) is 33.9 Å². The Morgan fingerprint density at radius 2 is 1.94 bits per heavy atom. The summed E-state index contributed by atoms with van der Waals surface area (Å²) in [4.78, 5) is 14.9. The number of carbonyl (C=O) groups is 1. The average Bonchev–Trinajstić information content (AvgIpc) is 2.28. The number of aromatic nitrogens is 1. The Morgan fingerprint density at radius 3 is 2.44 bits per heavy atom. The third-order valence-corrected chi connectivity index (χ3v) is 2.83. The van der Waals surface area contributed by atoms with Crippen LogP contribution in [0.15, 0.2) is 12.4 Å². The molecule has 2 unspecified atom stereocenters. The summed E-state index contributed by atoms with van der Waals surface area (Å²) in [5, 5.41) is 19.9. The van der Waals surface area contributed by atoms with E-state index >= 15 is 0 Å². The van der Waals surface area contributed by atoms with Gasteiger partial charge in [0.1, 0.15) is 6.10 Å². The zero-order valence-electron chi connectivity index (χ0n) is 9.64. The number of hydrogen-bond donors (Lipinski definition) is 2. The molecule has 0 aliphatic heterocycles. The molecule has 0 fully saturated rings. The largest absolute Gasteiger partial charge is 0.466 e. The number of hydrogen-bond acceptors (Lipinski definition) is 5. The fourth-order valence-corrected chi connectivity index (χ4v) is 1.99. The highest BCUT2D eigenvalue weighted by atomic mass is 35.5. The van der Waals surface area contributed by atoms with Crippen molar-refractivity contribution in [2.24, 2.45) is 0 Å². The maximum absolute atomic E-state index is 11.2. The summed E-state index contributed by atoms with van der Waals surface area (Å²) in [6, 6.07) is 0. The highest BCUT2D eigenvalue weighted by Crippen LogP contribution is 2.31.